The molecule has 1 aromatic rings. The normalized spacial score (nSPS) is 27.6. The number of amides is 1. The molecule has 5 nitrogen and oxygen atoms in total. The van der Waals surface area contributed by atoms with Gasteiger partial charge in [-0.3, -0.25) is 9.69 Å². The minimum Gasteiger partial charge on any atom is -0.492 e. The van der Waals surface area contributed by atoms with Crippen LogP contribution in [0.4, 0.5) is 5.69 Å². The van der Waals surface area contributed by atoms with Crippen LogP contribution in [-0.2, 0) is 9.53 Å². The number of rotatable bonds is 9. The summed E-state index contributed by atoms with van der Waals surface area (Å²) in [4.78, 5) is 15.6. The van der Waals surface area contributed by atoms with Gasteiger partial charge in [0, 0.05) is 24.9 Å². The number of hydrogen-bond acceptors (Lipinski definition) is 4. The van der Waals surface area contributed by atoms with Crippen LogP contribution >= 0.6 is 0 Å². The van der Waals surface area contributed by atoms with Gasteiger partial charge in [-0.1, -0.05) is 26.7 Å². The van der Waals surface area contributed by atoms with Gasteiger partial charge in [0.05, 0.1) is 0 Å². The van der Waals surface area contributed by atoms with Gasteiger partial charge in [-0.25, -0.2) is 0 Å². The van der Waals surface area contributed by atoms with E-state index in [0.717, 1.165) is 43.7 Å². The molecule has 1 saturated carbocycles. The van der Waals surface area contributed by atoms with E-state index in [1.165, 1.54) is 32.2 Å². The van der Waals surface area contributed by atoms with Gasteiger partial charge in [-0.05, 0) is 82.2 Å². The number of ether oxygens (including phenoxy) is 2. The highest BCUT2D eigenvalue weighted by Gasteiger charge is 2.42. The van der Waals surface area contributed by atoms with E-state index in [1.807, 2.05) is 24.3 Å². The molecule has 2 aliphatic rings. The summed E-state index contributed by atoms with van der Waals surface area (Å²) in [6.07, 6.45) is 8.67. The van der Waals surface area contributed by atoms with E-state index in [9.17, 15) is 4.79 Å². The summed E-state index contributed by atoms with van der Waals surface area (Å²) in [6.45, 7) is 10.1. The number of carbonyl (C=O) groups is 1. The van der Waals surface area contributed by atoms with Gasteiger partial charge in [0.15, 0.2) is 0 Å². The standard InChI is InChI=1S/C25H40N2O3/c1-4-17-30-25(14-7-8-20(2)19-25)24(28)26-22-10-12-23(13-11-22)29-18-16-27-15-6-5-9-21(27)3/h10-13,20-21H,4-9,14-19H2,1-3H3,(H,26,28)/t20-,21-,25-/m1/s1. The SMILES string of the molecule is CCCO[C@]1(C(=O)Nc2ccc(OCCN3CCCC[C@H]3C)cc2)CCC[C@@H](C)C1. The van der Waals surface area contributed by atoms with Gasteiger partial charge in [0.25, 0.3) is 5.91 Å². The first-order chi connectivity index (χ1) is 14.5. The summed E-state index contributed by atoms with van der Waals surface area (Å²) in [7, 11) is 0. The lowest BCUT2D eigenvalue weighted by Gasteiger charge is -2.38. The second-order valence-electron chi connectivity index (χ2n) is 9.25. The predicted octanol–water partition coefficient (Wildman–Crippen LogP) is 5.25. The lowest BCUT2D eigenvalue weighted by Crippen LogP contribution is -2.48. The lowest BCUT2D eigenvalue weighted by molar-refractivity contribution is -0.148. The quantitative estimate of drug-likeness (QED) is 0.597. The Morgan fingerprint density at radius 1 is 1.13 bits per heavy atom. The first-order valence-corrected chi connectivity index (χ1v) is 11.9. The molecule has 0 unspecified atom stereocenters. The van der Waals surface area contributed by atoms with Crippen molar-refractivity contribution in [2.24, 2.45) is 5.92 Å². The highest BCUT2D eigenvalue weighted by molar-refractivity contribution is 5.97. The number of nitrogens with zero attached hydrogens (tertiary/aromatic N) is 1. The molecule has 1 saturated heterocycles. The van der Waals surface area contributed by atoms with E-state index >= 15 is 0 Å². The molecule has 1 aliphatic carbocycles. The third-order valence-corrected chi connectivity index (χ3v) is 6.65. The van der Waals surface area contributed by atoms with Crippen molar-refractivity contribution in [1.29, 1.82) is 0 Å². The summed E-state index contributed by atoms with van der Waals surface area (Å²) >= 11 is 0. The number of nitrogens with one attached hydrogen (secondary N) is 1. The Bertz CT molecular complexity index is 663. The van der Waals surface area contributed by atoms with Gasteiger partial charge in [0.1, 0.15) is 18.0 Å². The maximum absolute atomic E-state index is 13.1. The van der Waals surface area contributed by atoms with Crippen LogP contribution in [0.1, 0.15) is 72.1 Å². The van der Waals surface area contributed by atoms with Crippen LogP contribution in [0.25, 0.3) is 0 Å². The first-order valence-electron chi connectivity index (χ1n) is 11.9. The molecule has 2 fully saturated rings. The van der Waals surface area contributed by atoms with Crippen molar-refractivity contribution in [3.05, 3.63) is 24.3 Å². The molecule has 1 N–H and O–H groups in total. The van der Waals surface area contributed by atoms with Crippen molar-refractivity contribution >= 4 is 11.6 Å². The molecule has 1 amide bonds. The van der Waals surface area contributed by atoms with Crippen LogP contribution in [0.2, 0.25) is 0 Å². The molecular formula is C25H40N2O3. The summed E-state index contributed by atoms with van der Waals surface area (Å²) in [6, 6.07) is 8.40. The fourth-order valence-corrected chi connectivity index (χ4v) is 4.85. The van der Waals surface area contributed by atoms with Gasteiger partial charge in [-0.15, -0.1) is 0 Å². The molecule has 0 radical (unpaired) electrons. The van der Waals surface area contributed by atoms with Gasteiger partial charge in [-0.2, -0.15) is 0 Å². The Morgan fingerprint density at radius 2 is 1.93 bits per heavy atom. The zero-order valence-corrected chi connectivity index (χ0v) is 19.1. The Labute approximate surface area is 182 Å². The minimum absolute atomic E-state index is 0.00439. The van der Waals surface area contributed by atoms with Crippen LogP contribution in [0, 0.1) is 5.92 Å². The third-order valence-electron chi connectivity index (χ3n) is 6.65. The summed E-state index contributed by atoms with van der Waals surface area (Å²) in [5, 5.41) is 3.10. The Kier molecular flexibility index (Phi) is 8.58. The highest BCUT2D eigenvalue weighted by atomic mass is 16.5. The minimum atomic E-state index is -0.687. The topological polar surface area (TPSA) is 50.8 Å². The number of carbonyl (C=O) groups excluding carboxylic acids is 1. The fraction of sp³-hybridized carbons (Fsp3) is 0.720. The summed E-state index contributed by atoms with van der Waals surface area (Å²) < 4.78 is 12.1. The Hall–Kier alpha value is -1.59. The van der Waals surface area contributed by atoms with Gasteiger partial charge < -0.3 is 14.8 Å². The van der Waals surface area contributed by atoms with Crippen molar-refractivity contribution in [2.75, 3.05) is 31.6 Å². The molecule has 1 aliphatic heterocycles. The number of likely N-dealkylation sites (tertiary alicyclic amines) is 1. The van der Waals surface area contributed by atoms with E-state index in [-0.39, 0.29) is 5.91 Å². The van der Waals surface area contributed by atoms with E-state index in [0.29, 0.717) is 25.2 Å². The second-order valence-corrected chi connectivity index (χ2v) is 9.25. The van der Waals surface area contributed by atoms with Crippen LogP contribution in [-0.4, -0.2) is 48.8 Å². The predicted molar refractivity (Wildman–Crippen MR) is 122 cm³/mol. The van der Waals surface area contributed by atoms with Gasteiger partial charge in [0.2, 0.25) is 0 Å². The number of hydrogen-bond donors (Lipinski definition) is 1. The fourth-order valence-electron chi connectivity index (χ4n) is 4.85. The Morgan fingerprint density at radius 3 is 2.63 bits per heavy atom. The van der Waals surface area contributed by atoms with Crippen molar-refractivity contribution in [2.45, 2.75) is 83.8 Å². The average molecular weight is 417 g/mol. The zero-order chi connectivity index (χ0) is 21.4. The van der Waals surface area contributed by atoms with Crippen molar-refractivity contribution < 1.29 is 14.3 Å². The van der Waals surface area contributed by atoms with Crippen LogP contribution < -0.4 is 10.1 Å². The first kappa shape index (κ1) is 23.1. The van der Waals surface area contributed by atoms with Crippen molar-refractivity contribution in [3.63, 3.8) is 0 Å². The molecule has 30 heavy (non-hydrogen) atoms. The summed E-state index contributed by atoms with van der Waals surface area (Å²) in [5.41, 5.74) is 0.114. The third kappa shape index (κ3) is 6.21. The van der Waals surface area contributed by atoms with E-state index in [1.54, 1.807) is 0 Å². The molecular weight excluding hydrogens is 376 g/mol. The smallest absolute Gasteiger partial charge is 0.256 e. The van der Waals surface area contributed by atoms with E-state index in [4.69, 9.17) is 9.47 Å². The number of anilines is 1. The van der Waals surface area contributed by atoms with Crippen molar-refractivity contribution in [1.82, 2.24) is 4.90 Å². The molecule has 168 valence electrons. The molecule has 1 aromatic carbocycles. The molecule has 3 atom stereocenters. The molecule has 3 rings (SSSR count). The van der Waals surface area contributed by atoms with Crippen LogP contribution in [0.3, 0.4) is 0 Å². The van der Waals surface area contributed by atoms with E-state index in [2.05, 4.69) is 31.0 Å². The van der Waals surface area contributed by atoms with Crippen LogP contribution in [0.15, 0.2) is 24.3 Å². The molecule has 5 heteroatoms. The van der Waals surface area contributed by atoms with E-state index < -0.39 is 5.60 Å². The van der Waals surface area contributed by atoms with Crippen molar-refractivity contribution in [3.8, 4) is 5.75 Å². The Balaban J connectivity index is 1.51. The molecule has 0 spiro atoms. The zero-order valence-electron chi connectivity index (χ0n) is 19.1. The number of benzene rings is 1. The molecule has 0 bridgehead atoms. The monoisotopic (exact) mass is 416 g/mol. The maximum Gasteiger partial charge on any atom is 0.256 e. The largest absolute Gasteiger partial charge is 0.492 e. The highest BCUT2D eigenvalue weighted by Crippen LogP contribution is 2.36. The molecule has 0 aromatic heterocycles. The average Bonchev–Trinajstić information content (AvgIpc) is 2.75. The second kappa shape index (κ2) is 11.1. The number of piperidine rings is 1. The summed E-state index contributed by atoms with van der Waals surface area (Å²) in [5.74, 6) is 1.36. The maximum atomic E-state index is 13.1. The van der Waals surface area contributed by atoms with Crippen LogP contribution in [0.5, 0.6) is 5.75 Å². The lowest BCUT2D eigenvalue weighted by atomic mass is 9.78. The molecule has 1 heterocycles. The van der Waals surface area contributed by atoms with Gasteiger partial charge >= 0.3 is 0 Å².